The molecule has 0 amide bonds. The Bertz CT molecular complexity index is 374. The molecular weight excluding hydrogens is 207 g/mol. The van der Waals surface area contributed by atoms with Crippen molar-refractivity contribution in [3.63, 3.8) is 0 Å². The highest BCUT2D eigenvalue weighted by Crippen LogP contribution is 2.39. The van der Waals surface area contributed by atoms with Gasteiger partial charge in [-0.2, -0.15) is 13.2 Å². The van der Waals surface area contributed by atoms with Gasteiger partial charge < -0.3 is 5.43 Å². The van der Waals surface area contributed by atoms with Crippen LogP contribution in [0.3, 0.4) is 0 Å². The Morgan fingerprint density at radius 1 is 1.27 bits per heavy atom. The summed E-state index contributed by atoms with van der Waals surface area (Å²) in [5, 5.41) is 0. The third-order valence-electron chi connectivity index (χ3n) is 2.20. The second-order valence-electron chi connectivity index (χ2n) is 3.12. The Morgan fingerprint density at radius 2 is 2.07 bits per heavy atom. The molecule has 3 nitrogen and oxygen atoms in total. The van der Waals surface area contributed by atoms with Crippen LogP contribution in [0.4, 0.5) is 13.2 Å². The summed E-state index contributed by atoms with van der Waals surface area (Å²) in [6.07, 6.45) is -0.893. The van der Waals surface area contributed by atoms with Crippen molar-refractivity contribution in [2.45, 2.75) is 11.7 Å². The molecule has 0 aromatic carbocycles. The maximum atomic E-state index is 12.9. The van der Waals surface area contributed by atoms with Crippen LogP contribution in [0.15, 0.2) is 36.7 Å². The van der Waals surface area contributed by atoms with Crippen molar-refractivity contribution in [3.05, 3.63) is 42.4 Å². The number of hydrogen-bond acceptors (Lipinski definition) is 3. The van der Waals surface area contributed by atoms with Gasteiger partial charge in [-0.1, -0.05) is 6.07 Å². The highest BCUT2D eigenvalue weighted by Gasteiger charge is 2.57. The molecule has 2 N–H and O–H groups in total. The fourth-order valence-electron chi connectivity index (χ4n) is 1.42. The van der Waals surface area contributed by atoms with Gasteiger partial charge in [0, 0.05) is 12.4 Å². The minimum absolute atomic E-state index is 0.0845. The van der Waals surface area contributed by atoms with E-state index in [1.54, 1.807) is 6.07 Å². The number of rotatable bonds is 1. The fourth-order valence-corrected chi connectivity index (χ4v) is 1.42. The highest BCUT2D eigenvalue weighted by atomic mass is 19.4. The first kappa shape index (κ1) is 9.97. The summed E-state index contributed by atoms with van der Waals surface area (Å²) < 4.78 is 38.7. The smallest absolute Gasteiger partial charge is 0.328 e. The lowest BCUT2D eigenvalue weighted by Crippen LogP contribution is -2.53. The van der Waals surface area contributed by atoms with E-state index in [2.05, 4.69) is 15.8 Å². The molecule has 1 aliphatic heterocycles. The molecule has 0 saturated heterocycles. The molecule has 15 heavy (non-hydrogen) atoms. The first-order valence-electron chi connectivity index (χ1n) is 4.25. The van der Waals surface area contributed by atoms with Gasteiger partial charge in [0.25, 0.3) is 0 Å². The molecule has 2 heterocycles. The summed E-state index contributed by atoms with van der Waals surface area (Å²) >= 11 is 0. The zero-order valence-electron chi connectivity index (χ0n) is 7.55. The quantitative estimate of drug-likeness (QED) is 0.744. The first-order chi connectivity index (χ1) is 7.06. The molecule has 0 aliphatic carbocycles. The largest absolute Gasteiger partial charge is 0.417 e. The van der Waals surface area contributed by atoms with Crippen molar-refractivity contribution in [2.24, 2.45) is 0 Å². The van der Waals surface area contributed by atoms with E-state index in [1.807, 2.05) is 0 Å². The zero-order chi connectivity index (χ0) is 10.9. The molecule has 1 unspecified atom stereocenters. The molecule has 0 bridgehead atoms. The van der Waals surface area contributed by atoms with Gasteiger partial charge in [-0.25, -0.2) is 5.43 Å². The average Bonchev–Trinajstić information content (AvgIpc) is 2.68. The summed E-state index contributed by atoms with van der Waals surface area (Å²) in [6, 6.07) is 4.42. The van der Waals surface area contributed by atoms with E-state index in [4.69, 9.17) is 0 Å². The van der Waals surface area contributed by atoms with Crippen LogP contribution < -0.4 is 10.9 Å². The Morgan fingerprint density at radius 3 is 2.53 bits per heavy atom. The lowest BCUT2D eigenvalue weighted by atomic mass is 9.95. The Balaban J connectivity index is 2.50. The molecule has 0 fully saturated rings. The number of hydrazine groups is 1. The van der Waals surface area contributed by atoms with Gasteiger partial charge in [-0.05, 0) is 18.2 Å². The van der Waals surface area contributed by atoms with E-state index in [9.17, 15) is 13.2 Å². The zero-order valence-corrected chi connectivity index (χ0v) is 7.55. The number of alkyl halides is 3. The van der Waals surface area contributed by atoms with E-state index in [-0.39, 0.29) is 5.69 Å². The van der Waals surface area contributed by atoms with Gasteiger partial charge in [0.05, 0.1) is 5.69 Å². The van der Waals surface area contributed by atoms with Crippen molar-refractivity contribution in [3.8, 4) is 0 Å². The Kier molecular flexibility index (Phi) is 2.15. The molecule has 80 valence electrons. The number of hydrogen-bond donors (Lipinski definition) is 2. The number of pyridine rings is 1. The third-order valence-corrected chi connectivity index (χ3v) is 2.20. The molecule has 1 aromatic heterocycles. The van der Waals surface area contributed by atoms with Crippen LogP contribution in [0.5, 0.6) is 0 Å². The first-order valence-corrected chi connectivity index (χ1v) is 4.25. The number of nitrogens with one attached hydrogen (secondary N) is 2. The van der Waals surface area contributed by atoms with Crippen LogP contribution in [0.25, 0.3) is 0 Å². The lowest BCUT2D eigenvalue weighted by Gasteiger charge is -2.29. The van der Waals surface area contributed by atoms with Crippen molar-refractivity contribution in [1.29, 1.82) is 0 Å². The minimum atomic E-state index is -4.44. The summed E-state index contributed by atoms with van der Waals surface area (Å²) in [6.45, 7) is 0. The monoisotopic (exact) mass is 215 g/mol. The molecule has 0 radical (unpaired) electrons. The van der Waals surface area contributed by atoms with Gasteiger partial charge >= 0.3 is 6.18 Å². The van der Waals surface area contributed by atoms with Crippen molar-refractivity contribution >= 4 is 0 Å². The molecule has 1 atom stereocenters. The molecule has 0 spiro atoms. The average molecular weight is 215 g/mol. The van der Waals surface area contributed by atoms with E-state index >= 15 is 0 Å². The lowest BCUT2D eigenvalue weighted by molar-refractivity contribution is -0.185. The predicted molar refractivity (Wildman–Crippen MR) is 47.4 cm³/mol. The number of nitrogens with zero attached hydrogens (tertiary/aromatic N) is 1. The van der Waals surface area contributed by atoms with Gasteiger partial charge in [-0.15, -0.1) is 0 Å². The normalized spacial score (nSPS) is 25.3. The number of halogens is 3. The van der Waals surface area contributed by atoms with E-state index in [0.717, 1.165) is 6.08 Å². The predicted octanol–water partition coefficient (Wildman–Crippen LogP) is 1.46. The highest BCUT2D eigenvalue weighted by molar-refractivity contribution is 5.28. The van der Waals surface area contributed by atoms with Crippen LogP contribution in [0, 0.1) is 0 Å². The topological polar surface area (TPSA) is 37.0 Å². The standard InChI is InChI=1S/C9H8F3N3/c10-9(11,12)8(4-6-14-15-8)7-3-1-2-5-13-7/h1-6,14-15H. The molecule has 1 aliphatic rings. The van der Waals surface area contributed by atoms with Gasteiger partial charge in [0.15, 0.2) is 5.54 Å². The van der Waals surface area contributed by atoms with Crippen LogP contribution in [-0.4, -0.2) is 11.2 Å². The van der Waals surface area contributed by atoms with Gasteiger partial charge in [0.1, 0.15) is 0 Å². The second-order valence-corrected chi connectivity index (χ2v) is 3.12. The van der Waals surface area contributed by atoms with Crippen LogP contribution in [-0.2, 0) is 5.54 Å². The van der Waals surface area contributed by atoms with Gasteiger partial charge in [-0.3, -0.25) is 4.98 Å². The maximum Gasteiger partial charge on any atom is 0.417 e. The van der Waals surface area contributed by atoms with E-state index in [0.29, 0.717) is 0 Å². The Labute approximate surface area is 84.0 Å². The molecule has 0 saturated carbocycles. The summed E-state index contributed by atoms with van der Waals surface area (Å²) in [7, 11) is 0. The van der Waals surface area contributed by atoms with E-state index < -0.39 is 11.7 Å². The SMILES string of the molecule is FC(F)(F)C1(c2ccccn2)C=CNN1. The summed E-state index contributed by atoms with van der Waals surface area (Å²) in [4.78, 5) is 3.73. The molecule has 2 rings (SSSR count). The van der Waals surface area contributed by atoms with E-state index in [1.165, 1.54) is 24.5 Å². The summed E-state index contributed by atoms with van der Waals surface area (Å²) in [5.74, 6) is 0. The fraction of sp³-hybridized carbons (Fsp3) is 0.222. The third kappa shape index (κ3) is 1.46. The minimum Gasteiger partial charge on any atom is -0.328 e. The second kappa shape index (κ2) is 3.23. The van der Waals surface area contributed by atoms with Crippen molar-refractivity contribution in [2.75, 3.05) is 0 Å². The van der Waals surface area contributed by atoms with Crippen LogP contribution in [0.1, 0.15) is 5.69 Å². The molecule has 1 aromatic rings. The van der Waals surface area contributed by atoms with Crippen molar-refractivity contribution < 1.29 is 13.2 Å². The molecule has 6 heteroatoms. The molecular formula is C9H8F3N3. The maximum absolute atomic E-state index is 12.9. The van der Waals surface area contributed by atoms with Crippen LogP contribution >= 0.6 is 0 Å². The van der Waals surface area contributed by atoms with Crippen LogP contribution in [0.2, 0.25) is 0 Å². The Hall–Kier alpha value is -1.56. The van der Waals surface area contributed by atoms with Gasteiger partial charge in [0.2, 0.25) is 0 Å². The number of aromatic nitrogens is 1. The summed E-state index contributed by atoms with van der Waals surface area (Å²) in [5.41, 5.74) is 2.19. The van der Waals surface area contributed by atoms with Crippen molar-refractivity contribution in [1.82, 2.24) is 15.8 Å².